The van der Waals surface area contributed by atoms with Gasteiger partial charge >= 0.3 is 0 Å². The van der Waals surface area contributed by atoms with Gasteiger partial charge in [-0.15, -0.1) is 5.10 Å². The van der Waals surface area contributed by atoms with Crippen molar-refractivity contribution < 1.29 is 0 Å². The van der Waals surface area contributed by atoms with Crippen molar-refractivity contribution in [3.63, 3.8) is 0 Å². The zero-order valence-corrected chi connectivity index (χ0v) is 12.0. The van der Waals surface area contributed by atoms with E-state index < -0.39 is 0 Å². The third kappa shape index (κ3) is 2.01. The largest absolute Gasteiger partial charge is 0.366 e. The number of nitrogens with two attached hydrogens (primary N) is 1. The molecule has 4 rings (SSSR count). The van der Waals surface area contributed by atoms with Gasteiger partial charge in [-0.2, -0.15) is 10.1 Å². The topological polar surface area (TPSA) is 74.0 Å². The maximum Gasteiger partial charge on any atom is 0.240 e. The van der Waals surface area contributed by atoms with Gasteiger partial charge < -0.3 is 5.73 Å². The van der Waals surface area contributed by atoms with Gasteiger partial charge in [0.2, 0.25) is 5.95 Å². The Bertz CT molecular complexity index is 951. The van der Waals surface area contributed by atoms with Gasteiger partial charge in [0, 0.05) is 23.5 Å². The molecular formula is C16H14N6. The lowest BCUT2D eigenvalue weighted by molar-refractivity contribution is 0.880. The number of aromatic nitrogens is 5. The number of para-hydroxylation sites is 1. The Labute approximate surface area is 126 Å². The molecule has 0 saturated heterocycles. The Morgan fingerprint density at radius 3 is 2.68 bits per heavy atom. The van der Waals surface area contributed by atoms with Crippen LogP contribution in [0.3, 0.4) is 0 Å². The van der Waals surface area contributed by atoms with Crippen molar-refractivity contribution in [3.8, 4) is 16.8 Å². The SMILES string of the molecule is Cc1cc(-c2cnn(-c3ccccc3)c2)cn2nc(N)nc12. The maximum atomic E-state index is 5.67. The van der Waals surface area contributed by atoms with Gasteiger partial charge in [0.15, 0.2) is 5.65 Å². The van der Waals surface area contributed by atoms with Crippen molar-refractivity contribution in [1.82, 2.24) is 24.4 Å². The molecule has 4 aromatic rings. The summed E-state index contributed by atoms with van der Waals surface area (Å²) in [4.78, 5) is 4.21. The van der Waals surface area contributed by atoms with Crippen molar-refractivity contribution in [1.29, 1.82) is 0 Å². The highest BCUT2D eigenvalue weighted by atomic mass is 15.3. The van der Waals surface area contributed by atoms with E-state index in [2.05, 4.69) is 21.2 Å². The smallest absolute Gasteiger partial charge is 0.240 e. The van der Waals surface area contributed by atoms with Crippen LogP contribution in [-0.2, 0) is 0 Å². The molecule has 3 aromatic heterocycles. The molecule has 0 atom stereocenters. The molecule has 22 heavy (non-hydrogen) atoms. The first-order valence-corrected chi connectivity index (χ1v) is 6.94. The second-order valence-electron chi connectivity index (χ2n) is 5.16. The minimum atomic E-state index is 0.278. The summed E-state index contributed by atoms with van der Waals surface area (Å²) in [6.07, 6.45) is 5.75. The van der Waals surface area contributed by atoms with Crippen molar-refractivity contribution in [3.05, 3.63) is 60.6 Å². The number of hydrogen-bond acceptors (Lipinski definition) is 4. The van der Waals surface area contributed by atoms with Gasteiger partial charge in [0.1, 0.15) is 0 Å². The Morgan fingerprint density at radius 2 is 1.86 bits per heavy atom. The fourth-order valence-electron chi connectivity index (χ4n) is 2.52. The molecule has 6 heteroatoms. The summed E-state index contributed by atoms with van der Waals surface area (Å²) in [5.74, 6) is 0.278. The highest BCUT2D eigenvalue weighted by molar-refractivity contribution is 5.66. The van der Waals surface area contributed by atoms with E-state index in [-0.39, 0.29) is 5.95 Å². The molecule has 0 spiro atoms. The Kier molecular flexibility index (Phi) is 2.69. The van der Waals surface area contributed by atoms with E-state index >= 15 is 0 Å². The predicted octanol–water partition coefficient (Wildman–Crippen LogP) is 2.47. The van der Waals surface area contributed by atoms with Crippen LogP contribution in [0.25, 0.3) is 22.5 Å². The average Bonchev–Trinajstić information content (AvgIpc) is 3.14. The quantitative estimate of drug-likeness (QED) is 0.615. The van der Waals surface area contributed by atoms with Crippen LogP contribution < -0.4 is 5.73 Å². The van der Waals surface area contributed by atoms with E-state index in [1.807, 2.05) is 60.5 Å². The van der Waals surface area contributed by atoms with Crippen LogP contribution in [0.2, 0.25) is 0 Å². The summed E-state index contributed by atoms with van der Waals surface area (Å²) in [6, 6.07) is 12.1. The zero-order valence-electron chi connectivity index (χ0n) is 12.0. The number of hydrogen-bond donors (Lipinski definition) is 1. The number of anilines is 1. The molecule has 3 heterocycles. The molecule has 0 aliphatic rings. The molecule has 0 aliphatic heterocycles. The number of aryl methyl sites for hydroxylation is 1. The third-order valence-electron chi connectivity index (χ3n) is 3.57. The first-order chi connectivity index (χ1) is 10.7. The standard InChI is InChI=1S/C16H14N6/c1-11-7-12(9-22-15(11)19-16(17)20-22)13-8-18-21(10-13)14-5-3-2-4-6-14/h2-10H,1H3,(H2,17,20). The summed E-state index contributed by atoms with van der Waals surface area (Å²) in [5, 5.41) is 8.61. The predicted molar refractivity (Wildman–Crippen MR) is 84.7 cm³/mol. The Balaban J connectivity index is 1.81. The highest BCUT2D eigenvalue weighted by Crippen LogP contribution is 2.23. The lowest BCUT2D eigenvalue weighted by atomic mass is 10.1. The van der Waals surface area contributed by atoms with Crippen molar-refractivity contribution in [2.45, 2.75) is 6.92 Å². The number of nitrogens with zero attached hydrogens (tertiary/aromatic N) is 5. The molecule has 0 bridgehead atoms. The van der Waals surface area contributed by atoms with Gasteiger partial charge in [-0.25, -0.2) is 9.20 Å². The van der Waals surface area contributed by atoms with Gasteiger partial charge in [-0.3, -0.25) is 0 Å². The van der Waals surface area contributed by atoms with E-state index in [0.29, 0.717) is 0 Å². The fourth-order valence-corrected chi connectivity index (χ4v) is 2.52. The van der Waals surface area contributed by atoms with Crippen LogP contribution in [0.15, 0.2) is 55.0 Å². The van der Waals surface area contributed by atoms with E-state index in [1.54, 1.807) is 4.52 Å². The minimum absolute atomic E-state index is 0.278. The van der Waals surface area contributed by atoms with E-state index in [0.717, 1.165) is 28.0 Å². The van der Waals surface area contributed by atoms with Crippen LogP contribution in [0.5, 0.6) is 0 Å². The van der Waals surface area contributed by atoms with E-state index in [4.69, 9.17) is 5.73 Å². The number of fused-ring (bicyclic) bond motifs is 1. The fraction of sp³-hybridized carbons (Fsp3) is 0.0625. The molecule has 0 fully saturated rings. The minimum Gasteiger partial charge on any atom is -0.366 e. The highest BCUT2D eigenvalue weighted by Gasteiger charge is 2.09. The first-order valence-electron chi connectivity index (χ1n) is 6.94. The summed E-state index contributed by atoms with van der Waals surface area (Å²) >= 11 is 0. The Hall–Kier alpha value is -3.15. The molecule has 0 saturated carbocycles. The molecule has 108 valence electrons. The van der Waals surface area contributed by atoms with Crippen LogP contribution in [-0.4, -0.2) is 24.4 Å². The Morgan fingerprint density at radius 1 is 1.05 bits per heavy atom. The number of pyridine rings is 1. The summed E-state index contributed by atoms with van der Waals surface area (Å²) in [7, 11) is 0. The third-order valence-corrected chi connectivity index (χ3v) is 3.57. The molecule has 0 aliphatic carbocycles. The van der Waals surface area contributed by atoms with Crippen molar-refractivity contribution in [2.24, 2.45) is 0 Å². The van der Waals surface area contributed by atoms with Crippen molar-refractivity contribution >= 4 is 11.6 Å². The second-order valence-corrected chi connectivity index (χ2v) is 5.16. The molecule has 6 nitrogen and oxygen atoms in total. The van der Waals surface area contributed by atoms with Crippen molar-refractivity contribution in [2.75, 3.05) is 5.73 Å². The number of rotatable bonds is 2. The molecule has 2 N–H and O–H groups in total. The second kappa shape index (κ2) is 4.70. The average molecular weight is 290 g/mol. The molecule has 0 unspecified atom stereocenters. The summed E-state index contributed by atoms with van der Waals surface area (Å²) < 4.78 is 3.56. The number of benzene rings is 1. The van der Waals surface area contributed by atoms with E-state index in [9.17, 15) is 0 Å². The molecule has 0 amide bonds. The maximum absolute atomic E-state index is 5.67. The van der Waals surface area contributed by atoms with Gasteiger partial charge in [-0.1, -0.05) is 18.2 Å². The normalized spacial score (nSPS) is 11.1. The molecule has 0 radical (unpaired) electrons. The van der Waals surface area contributed by atoms with Gasteiger partial charge in [-0.05, 0) is 30.7 Å². The van der Waals surface area contributed by atoms with Crippen LogP contribution >= 0.6 is 0 Å². The molecular weight excluding hydrogens is 276 g/mol. The molecule has 1 aromatic carbocycles. The van der Waals surface area contributed by atoms with Crippen LogP contribution in [0, 0.1) is 6.92 Å². The van der Waals surface area contributed by atoms with Gasteiger partial charge in [0.05, 0.1) is 11.9 Å². The lowest BCUT2D eigenvalue weighted by Gasteiger charge is -2.02. The monoisotopic (exact) mass is 290 g/mol. The van der Waals surface area contributed by atoms with Crippen LogP contribution in [0.4, 0.5) is 5.95 Å². The first kappa shape index (κ1) is 12.6. The van der Waals surface area contributed by atoms with Gasteiger partial charge in [0.25, 0.3) is 0 Å². The summed E-state index contributed by atoms with van der Waals surface area (Å²) in [6.45, 7) is 1.99. The number of nitrogen functional groups attached to an aromatic ring is 1. The summed E-state index contributed by atoms with van der Waals surface area (Å²) in [5.41, 5.74) is 10.5. The van der Waals surface area contributed by atoms with E-state index in [1.165, 1.54) is 0 Å². The van der Waals surface area contributed by atoms with Crippen LogP contribution in [0.1, 0.15) is 5.56 Å². The lowest BCUT2D eigenvalue weighted by Crippen LogP contribution is -1.93. The zero-order chi connectivity index (χ0) is 15.1.